The molecule has 4 rings (SSSR count). The van der Waals surface area contributed by atoms with Crippen molar-refractivity contribution in [1.29, 1.82) is 0 Å². The van der Waals surface area contributed by atoms with Crippen molar-refractivity contribution in [1.82, 2.24) is 25.5 Å². The first-order valence-electron chi connectivity index (χ1n) is 11.7. The van der Waals surface area contributed by atoms with Crippen LogP contribution in [0.5, 0.6) is 0 Å². The Morgan fingerprint density at radius 2 is 1.65 bits per heavy atom. The molecule has 8 heteroatoms. The normalized spacial score (nSPS) is 18.3. The number of hydrogen-bond donors (Lipinski definition) is 3. The Hall–Kier alpha value is -3.00. The van der Waals surface area contributed by atoms with Crippen LogP contribution in [0.3, 0.4) is 0 Å². The number of benzene rings is 2. The molecule has 34 heavy (non-hydrogen) atoms. The summed E-state index contributed by atoms with van der Waals surface area (Å²) in [5.74, 6) is -0.524. The van der Waals surface area contributed by atoms with E-state index >= 15 is 0 Å². The molecular formula is C26H30ClN5O2. The maximum Gasteiger partial charge on any atom is 0.274 e. The second kappa shape index (κ2) is 11.9. The van der Waals surface area contributed by atoms with E-state index in [2.05, 4.69) is 27.0 Å². The van der Waals surface area contributed by atoms with Crippen LogP contribution < -0.4 is 21.5 Å². The minimum absolute atomic E-state index is 0.143. The van der Waals surface area contributed by atoms with Crippen molar-refractivity contribution < 1.29 is 4.79 Å². The van der Waals surface area contributed by atoms with Gasteiger partial charge in [0.25, 0.3) is 5.56 Å². The van der Waals surface area contributed by atoms with Crippen molar-refractivity contribution in [3.63, 3.8) is 0 Å². The van der Waals surface area contributed by atoms with Crippen molar-refractivity contribution in [2.75, 3.05) is 26.2 Å². The van der Waals surface area contributed by atoms with Gasteiger partial charge >= 0.3 is 0 Å². The Balaban J connectivity index is 1.64. The largest absolute Gasteiger partial charge is 0.350 e. The molecule has 1 atom stereocenters. The fraction of sp³-hybridized carbons (Fsp3) is 0.346. The van der Waals surface area contributed by atoms with E-state index in [1.807, 2.05) is 48.5 Å². The third-order valence-electron chi connectivity index (χ3n) is 6.09. The molecule has 2 bridgehead atoms. The summed E-state index contributed by atoms with van der Waals surface area (Å²) < 4.78 is 1.30. The number of hydrogen-bond acceptors (Lipinski definition) is 5. The van der Waals surface area contributed by atoms with Crippen molar-refractivity contribution in [2.45, 2.75) is 31.8 Å². The first-order chi connectivity index (χ1) is 16.6. The Morgan fingerprint density at radius 3 is 2.47 bits per heavy atom. The van der Waals surface area contributed by atoms with E-state index in [0.717, 1.165) is 43.6 Å². The zero-order valence-corrected chi connectivity index (χ0v) is 19.9. The molecule has 178 valence electrons. The zero-order valence-electron chi connectivity index (χ0n) is 19.1. The van der Waals surface area contributed by atoms with Gasteiger partial charge < -0.3 is 16.0 Å². The minimum Gasteiger partial charge on any atom is -0.350 e. The lowest BCUT2D eigenvalue weighted by Crippen LogP contribution is -2.37. The summed E-state index contributed by atoms with van der Waals surface area (Å²) >= 11 is 6.31. The molecule has 0 aliphatic carbocycles. The van der Waals surface area contributed by atoms with Gasteiger partial charge in [0.15, 0.2) is 0 Å². The Kier molecular flexibility index (Phi) is 8.46. The standard InChI is InChI=1S/C26H30ClN5O2/c27-23-17-31-25-22(20-8-2-1-3-9-20)16-29-13-6-12-28-14-11-19-7-4-5-10-21(19)15-30-24(33)18-32(23)26(25)34/h1-5,7-10,17,22,28-29H,6,11-16,18H2,(H,30,33)/t22-/m1/s1. The predicted octanol–water partition coefficient (Wildman–Crippen LogP) is 2.47. The number of rotatable bonds is 1. The van der Waals surface area contributed by atoms with Gasteiger partial charge in [-0.05, 0) is 49.2 Å². The van der Waals surface area contributed by atoms with Gasteiger partial charge in [-0.15, -0.1) is 0 Å². The summed E-state index contributed by atoms with van der Waals surface area (Å²) in [6.45, 7) is 3.39. The van der Waals surface area contributed by atoms with Crippen LogP contribution in [0, 0.1) is 0 Å². The van der Waals surface area contributed by atoms with Crippen LogP contribution in [0.1, 0.15) is 34.7 Å². The highest BCUT2D eigenvalue weighted by atomic mass is 35.5. The Morgan fingerprint density at radius 1 is 0.912 bits per heavy atom. The maximum absolute atomic E-state index is 13.4. The molecule has 0 radical (unpaired) electrons. The van der Waals surface area contributed by atoms with Crippen LogP contribution in [-0.4, -0.2) is 41.6 Å². The number of aromatic nitrogens is 2. The lowest BCUT2D eigenvalue weighted by molar-refractivity contribution is -0.121. The second-order valence-corrected chi connectivity index (χ2v) is 8.81. The van der Waals surface area contributed by atoms with E-state index in [1.54, 1.807) is 0 Å². The van der Waals surface area contributed by atoms with E-state index in [-0.39, 0.29) is 29.1 Å². The molecule has 2 aromatic carbocycles. The molecule has 2 heterocycles. The van der Waals surface area contributed by atoms with Gasteiger partial charge in [-0.25, -0.2) is 0 Å². The fourth-order valence-electron chi connectivity index (χ4n) is 4.23. The van der Waals surface area contributed by atoms with Crippen LogP contribution in [0.2, 0.25) is 5.15 Å². The molecule has 0 saturated carbocycles. The smallest absolute Gasteiger partial charge is 0.274 e. The average Bonchev–Trinajstić information content (AvgIpc) is 2.86. The molecule has 1 amide bonds. The molecule has 1 aliphatic rings. The van der Waals surface area contributed by atoms with Gasteiger partial charge in [0.1, 0.15) is 17.4 Å². The van der Waals surface area contributed by atoms with Gasteiger partial charge in [0, 0.05) is 19.0 Å². The lowest BCUT2D eigenvalue weighted by atomic mass is 9.95. The first-order valence-corrected chi connectivity index (χ1v) is 12.1. The van der Waals surface area contributed by atoms with Gasteiger partial charge in [0.2, 0.25) is 5.91 Å². The van der Waals surface area contributed by atoms with E-state index < -0.39 is 0 Å². The number of amides is 1. The average molecular weight is 480 g/mol. The zero-order chi connectivity index (χ0) is 23.8. The van der Waals surface area contributed by atoms with E-state index in [9.17, 15) is 9.59 Å². The summed E-state index contributed by atoms with van der Waals surface area (Å²) in [6, 6.07) is 17.9. The number of fused-ring (bicyclic) bond motifs is 3. The fourth-order valence-corrected chi connectivity index (χ4v) is 4.41. The van der Waals surface area contributed by atoms with Crippen LogP contribution in [-0.2, 0) is 24.3 Å². The molecule has 3 aromatic rings. The van der Waals surface area contributed by atoms with Crippen molar-refractivity contribution in [3.05, 3.63) is 98.7 Å². The number of halogens is 1. The third-order valence-corrected chi connectivity index (χ3v) is 6.39. The highest BCUT2D eigenvalue weighted by molar-refractivity contribution is 6.29. The van der Waals surface area contributed by atoms with Crippen molar-refractivity contribution in [2.24, 2.45) is 0 Å². The molecule has 7 nitrogen and oxygen atoms in total. The predicted molar refractivity (Wildman–Crippen MR) is 134 cm³/mol. The molecule has 0 saturated heterocycles. The summed E-state index contributed by atoms with van der Waals surface area (Å²) in [4.78, 5) is 30.6. The SMILES string of the molecule is O=C1Cn2c(Cl)cnc(c2=O)[C@@H](c2ccccc2)CNCCCNCCc2ccccc2CN1. The molecular weight excluding hydrogens is 450 g/mol. The van der Waals surface area contributed by atoms with Gasteiger partial charge in [0.05, 0.1) is 6.20 Å². The van der Waals surface area contributed by atoms with E-state index in [4.69, 9.17) is 11.6 Å². The summed E-state index contributed by atoms with van der Waals surface area (Å²) in [7, 11) is 0. The van der Waals surface area contributed by atoms with Crippen molar-refractivity contribution in [3.8, 4) is 0 Å². The summed E-state index contributed by atoms with van der Waals surface area (Å²) in [5.41, 5.74) is 3.28. The van der Waals surface area contributed by atoms with Crippen LogP contribution in [0.4, 0.5) is 0 Å². The number of nitrogens with one attached hydrogen (secondary N) is 3. The van der Waals surface area contributed by atoms with Crippen molar-refractivity contribution >= 4 is 17.5 Å². The maximum atomic E-state index is 13.4. The van der Waals surface area contributed by atoms with E-state index in [1.165, 1.54) is 16.3 Å². The second-order valence-electron chi connectivity index (χ2n) is 8.42. The van der Waals surface area contributed by atoms with Gasteiger partial charge in [-0.1, -0.05) is 66.2 Å². The van der Waals surface area contributed by atoms with Crippen LogP contribution in [0.15, 0.2) is 65.6 Å². The van der Waals surface area contributed by atoms with Crippen LogP contribution in [0.25, 0.3) is 0 Å². The van der Waals surface area contributed by atoms with Crippen LogP contribution >= 0.6 is 11.6 Å². The molecule has 0 fully saturated rings. The molecule has 1 aliphatic heterocycles. The quantitative estimate of drug-likeness (QED) is 0.499. The van der Waals surface area contributed by atoms with E-state index in [0.29, 0.717) is 18.8 Å². The number of carbonyl (C=O) groups excluding carboxylic acids is 1. The first kappa shape index (κ1) is 24.1. The minimum atomic E-state index is -0.346. The number of carbonyl (C=O) groups is 1. The summed E-state index contributed by atoms with van der Waals surface area (Å²) in [5, 5.41) is 10.0. The topological polar surface area (TPSA) is 88.0 Å². The third kappa shape index (κ3) is 6.11. The molecule has 0 spiro atoms. The molecule has 1 aromatic heterocycles. The highest BCUT2D eigenvalue weighted by Crippen LogP contribution is 2.21. The lowest BCUT2D eigenvalue weighted by Gasteiger charge is -2.19. The Bertz CT molecular complexity index is 1170. The summed E-state index contributed by atoms with van der Waals surface area (Å²) in [6.07, 6.45) is 3.31. The Labute approximate surface area is 204 Å². The van der Waals surface area contributed by atoms with Gasteiger partial charge in [-0.3, -0.25) is 19.1 Å². The number of nitrogens with zero attached hydrogens (tertiary/aromatic N) is 2. The highest BCUT2D eigenvalue weighted by Gasteiger charge is 2.22. The monoisotopic (exact) mass is 479 g/mol. The molecule has 3 N–H and O–H groups in total. The van der Waals surface area contributed by atoms with Gasteiger partial charge in [-0.2, -0.15) is 0 Å². The molecule has 0 unspecified atom stereocenters.